The van der Waals surface area contributed by atoms with Crippen molar-refractivity contribution < 1.29 is 9.90 Å². The molecule has 1 heterocycles. The minimum absolute atomic E-state index is 0.642. The first-order valence-electron chi connectivity index (χ1n) is 3.69. The molecule has 72 valence electrons. The lowest BCUT2D eigenvalue weighted by atomic mass is 10.1. The first kappa shape index (κ1) is 10.3. The fraction of sp³-hybridized carbons (Fsp3) is 0.375. The van der Waals surface area contributed by atoms with Gasteiger partial charge in [-0.1, -0.05) is 11.6 Å². The largest absolute Gasteiger partial charge is 0.480 e. The molecule has 0 atom stereocenters. The van der Waals surface area contributed by atoms with Crippen LogP contribution in [0.5, 0.6) is 0 Å². The molecule has 1 aromatic heterocycles. The Hall–Kier alpha value is -0.740. The van der Waals surface area contributed by atoms with Gasteiger partial charge in [-0.2, -0.15) is 0 Å². The summed E-state index contributed by atoms with van der Waals surface area (Å²) in [6.45, 7) is 3.20. The van der Waals surface area contributed by atoms with Crippen LogP contribution in [0.2, 0.25) is 4.34 Å². The van der Waals surface area contributed by atoms with E-state index in [0.29, 0.717) is 4.34 Å². The summed E-state index contributed by atoms with van der Waals surface area (Å²) in [4.78, 5) is 10.7. The maximum Gasteiger partial charge on any atom is 0.328 e. The predicted octanol–water partition coefficient (Wildman–Crippen LogP) is 2.68. The van der Waals surface area contributed by atoms with Crippen molar-refractivity contribution in [2.45, 2.75) is 19.4 Å². The normalized spacial score (nSPS) is 11.3. The average molecular weight is 220 g/mol. The molecule has 0 aromatic carbocycles. The van der Waals surface area contributed by atoms with Crippen molar-refractivity contribution in [2.75, 3.05) is 5.32 Å². The summed E-state index contributed by atoms with van der Waals surface area (Å²) in [5, 5.41) is 12.5. The SMILES string of the molecule is CC(C)(Nc1ccc(Cl)s1)C(=O)O. The van der Waals surface area contributed by atoms with E-state index in [1.54, 1.807) is 26.0 Å². The number of aliphatic carboxylic acids is 1. The second-order valence-corrected chi connectivity index (χ2v) is 4.87. The van der Waals surface area contributed by atoms with Gasteiger partial charge in [-0.15, -0.1) is 11.3 Å². The van der Waals surface area contributed by atoms with Crippen LogP contribution in [-0.4, -0.2) is 16.6 Å². The lowest BCUT2D eigenvalue weighted by Gasteiger charge is -2.20. The summed E-state index contributed by atoms with van der Waals surface area (Å²) < 4.78 is 0.642. The lowest BCUT2D eigenvalue weighted by Crippen LogP contribution is -2.39. The van der Waals surface area contributed by atoms with Crippen molar-refractivity contribution in [1.29, 1.82) is 0 Å². The van der Waals surface area contributed by atoms with Gasteiger partial charge in [-0.3, -0.25) is 0 Å². The second-order valence-electron chi connectivity index (χ2n) is 3.16. The van der Waals surface area contributed by atoms with E-state index in [1.165, 1.54) is 11.3 Å². The van der Waals surface area contributed by atoms with Gasteiger partial charge in [0.1, 0.15) is 5.54 Å². The highest BCUT2D eigenvalue weighted by molar-refractivity contribution is 7.19. The Morgan fingerprint density at radius 3 is 2.62 bits per heavy atom. The van der Waals surface area contributed by atoms with Crippen LogP contribution >= 0.6 is 22.9 Å². The van der Waals surface area contributed by atoms with Crippen LogP contribution in [0.25, 0.3) is 0 Å². The van der Waals surface area contributed by atoms with E-state index in [2.05, 4.69) is 5.32 Å². The molecule has 5 heteroatoms. The fourth-order valence-electron chi connectivity index (χ4n) is 0.743. The highest BCUT2D eigenvalue weighted by atomic mass is 35.5. The quantitative estimate of drug-likeness (QED) is 0.822. The van der Waals surface area contributed by atoms with E-state index in [4.69, 9.17) is 16.7 Å². The van der Waals surface area contributed by atoms with Gasteiger partial charge in [0.05, 0.1) is 9.34 Å². The third-order valence-corrected chi connectivity index (χ3v) is 2.69. The Morgan fingerprint density at radius 1 is 1.62 bits per heavy atom. The molecule has 1 aromatic rings. The number of nitrogens with one attached hydrogen (secondary N) is 1. The topological polar surface area (TPSA) is 49.3 Å². The zero-order chi connectivity index (χ0) is 10.1. The number of thiophene rings is 1. The second kappa shape index (κ2) is 3.55. The van der Waals surface area contributed by atoms with Crippen molar-refractivity contribution in [1.82, 2.24) is 0 Å². The molecule has 0 spiro atoms. The molecule has 0 bridgehead atoms. The molecule has 0 radical (unpaired) electrons. The van der Waals surface area contributed by atoms with Crippen molar-refractivity contribution in [3.05, 3.63) is 16.5 Å². The number of hydrogen-bond acceptors (Lipinski definition) is 3. The molecule has 3 nitrogen and oxygen atoms in total. The number of anilines is 1. The van der Waals surface area contributed by atoms with Gasteiger partial charge in [-0.25, -0.2) is 4.79 Å². The molecule has 13 heavy (non-hydrogen) atoms. The maximum atomic E-state index is 10.7. The van der Waals surface area contributed by atoms with Crippen LogP contribution in [0.1, 0.15) is 13.8 Å². The Labute approximate surface area is 85.3 Å². The molecule has 0 unspecified atom stereocenters. The Kier molecular flexibility index (Phi) is 2.83. The van der Waals surface area contributed by atoms with Gasteiger partial charge in [0.25, 0.3) is 0 Å². The van der Waals surface area contributed by atoms with Crippen LogP contribution < -0.4 is 5.32 Å². The minimum atomic E-state index is -0.964. The van der Waals surface area contributed by atoms with Gasteiger partial charge in [-0.05, 0) is 26.0 Å². The standard InChI is InChI=1S/C8H10ClNO2S/c1-8(2,7(11)12)10-6-4-3-5(9)13-6/h3-4,10H,1-2H3,(H,11,12). The number of halogens is 1. The Balaban J connectivity index is 2.74. The smallest absolute Gasteiger partial charge is 0.328 e. The average Bonchev–Trinajstić information content (AvgIpc) is 2.34. The highest BCUT2D eigenvalue weighted by Gasteiger charge is 2.26. The third-order valence-electron chi connectivity index (χ3n) is 1.54. The number of carbonyl (C=O) groups is 1. The number of hydrogen-bond donors (Lipinski definition) is 2. The minimum Gasteiger partial charge on any atom is -0.480 e. The molecule has 0 saturated carbocycles. The zero-order valence-corrected chi connectivity index (χ0v) is 8.87. The summed E-state index contributed by atoms with van der Waals surface area (Å²) in [5.41, 5.74) is -0.964. The molecule has 0 amide bonds. The van der Waals surface area contributed by atoms with E-state index < -0.39 is 11.5 Å². The molecule has 0 saturated heterocycles. The molecule has 0 fully saturated rings. The molecule has 1 rings (SSSR count). The molecule has 0 aliphatic carbocycles. The Bertz CT molecular complexity index is 322. The van der Waals surface area contributed by atoms with Gasteiger partial charge in [0.2, 0.25) is 0 Å². The molecular formula is C8H10ClNO2S. The monoisotopic (exact) mass is 219 g/mol. The van der Waals surface area contributed by atoms with Crippen molar-refractivity contribution in [2.24, 2.45) is 0 Å². The van der Waals surface area contributed by atoms with Gasteiger partial charge in [0, 0.05) is 0 Å². The Morgan fingerprint density at radius 2 is 2.23 bits per heavy atom. The summed E-state index contributed by atoms with van der Waals surface area (Å²) in [6.07, 6.45) is 0. The van der Waals surface area contributed by atoms with Crippen molar-refractivity contribution in [3.63, 3.8) is 0 Å². The van der Waals surface area contributed by atoms with Crippen LogP contribution in [0, 0.1) is 0 Å². The van der Waals surface area contributed by atoms with E-state index in [0.717, 1.165) is 5.00 Å². The van der Waals surface area contributed by atoms with Crippen molar-refractivity contribution in [3.8, 4) is 0 Å². The van der Waals surface area contributed by atoms with Gasteiger partial charge in [0.15, 0.2) is 0 Å². The van der Waals surface area contributed by atoms with Gasteiger partial charge < -0.3 is 10.4 Å². The van der Waals surface area contributed by atoms with Crippen LogP contribution in [-0.2, 0) is 4.79 Å². The highest BCUT2D eigenvalue weighted by Crippen LogP contribution is 2.28. The number of carboxylic acids is 1. The summed E-state index contributed by atoms with van der Waals surface area (Å²) in [7, 11) is 0. The fourth-order valence-corrected chi connectivity index (χ4v) is 1.84. The molecule has 0 aliphatic heterocycles. The van der Waals surface area contributed by atoms with E-state index in [1.807, 2.05) is 0 Å². The molecule has 0 aliphatic rings. The first-order chi connectivity index (χ1) is 5.92. The van der Waals surface area contributed by atoms with Crippen molar-refractivity contribution >= 4 is 33.9 Å². The summed E-state index contributed by atoms with van der Waals surface area (Å²) in [5.74, 6) is -0.892. The predicted molar refractivity (Wildman–Crippen MR) is 54.7 cm³/mol. The van der Waals surface area contributed by atoms with Gasteiger partial charge >= 0.3 is 5.97 Å². The zero-order valence-electron chi connectivity index (χ0n) is 7.30. The van der Waals surface area contributed by atoms with Crippen LogP contribution in [0.15, 0.2) is 12.1 Å². The van der Waals surface area contributed by atoms with Crippen LogP contribution in [0.3, 0.4) is 0 Å². The van der Waals surface area contributed by atoms with E-state index >= 15 is 0 Å². The first-order valence-corrected chi connectivity index (χ1v) is 4.88. The summed E-state index contributed by atoms with van der Waals surface area (Å²) in [6, 6.07) is 3.49. The molecule has 2 N–H and O–H groups in total. The lowest BCUT2D eigenvalue weighted by molar-refractivity contribution is -0.141. The van der Waals surface area contributed by atoms with Crippen LogP contribution in [0.4, 0.5) is 5.00 Å². The van der Waals surface area contributed by atoms with E-state index in [9.17, 15) is 4.79 Å². The number of rotatable bonds is 3. The van der Waals surface area contributed by atoms with E-state index in [-0.39, 0.29) is 0 Å². The number of carboxylic acid groups (broad SMARTS) is 1. The molecular weight excluding hydrogens is 210 g/mol. The third kappa shape index (κ3) is 2.60. The maximum absolute atomic E-state index is 10.7. The summed E-state index contributed by atoms with van der Waals surface area (Å²) >= 11 is 7.02.